The summed E-state index contributed by atoms with van der Waals surface area (Å²) >= 11 is 0. The average molecular weight is 217 g/mol. The van der Waals surface area contributed by atoms with Crippen LogP contribution in [0.25, 0.3) is 4.85 Å². The van der Waals surface area contributed by atoms with E-state index in [1.807, 2.05) is 26.8 Å². The first kappa shape index (κ1) is 10.9. The van der Waals surface area contributed by atoms with E-state index in [-0.39, 0.29) is 23.0 Å². The van der Waals surface area contributed by atoms with E-state index >= 15 is 0 Å². The number of nitrogens with zero attached hydrogens (tertiary/aromatic N) is 1. The van der Waals surface area contributed by atoms with Crippen LogP contribution in [0.3, 0.4) is 0 Å². The SMILES string of the molecule is [C-]#[N+]C1=C[C@]2(C)CC=CO[C@@H]2C(C)(C)C1=O. The zero-order valence-electron chi connectivity index (χ0n) is 9.78. The summed E-state index contributed by atoms with van der Waals surface area (Å²) < 4.78 is 5.61. The van der Waals surface area contributed by atoms with Crippen molar-refractivity contribution in [3.8, 4) is 0 Å². The Morgan fingerprint density at radius 3 is 2.81 bits per heavy atom. The molecular formula is C13H15NO2. The van der Waals surface area contributed by atoms with Crippen molar-refractivity contribution in [3.05, 3.63) is 35.5 Å². The lowest BCUT2D eigenvalue weighted by Crippen LogP contribution is -2.52. The number of hydrogen-bond acceptors (Lipinski definition) is 2. The molecule has 16 heavy (non-hydrogen) atoms. The number of carbonyl (C=O) groups is 1. The molecule has 84 valence electrons. The smallest absolute Gasteiger partial charge is 0.226 e. The van der Waals surface area contributed by atoms with Gasteiger partial charge in [-0.25, -0.2) is 4.85 Å². The number of fused-ring (bicyclic) bond motifs is 1. The van der Waals surface area contributed by atoms with Gasteiger partial charge in [-0.2, -0.15) is 0 Å². The summed E-state index contributed by atoms with van der Waals surface area (Å²) in [5.41, 5.74) is -0.622. The van der Waals surface area contributed by atoms with Gasteiger partial charge in [-0.05, 0) is 12.5 Å². The normalized spacial score (nSPS) is 35.8. The van der Waals surface area contributed by atoms with Gasteiger partial charge in [-0.15, -0.1) is 0 Å². The van der Waals surface area contributed by atoms with Crippen molar-refractivity contribution >= 4 is 5.78 Å². The Bertz CT molecular complexity index is 439. The Morgan fingerprint density at radius 2 is 2.19 bits per heavy atom. The van der Waals surface area contributed by atoms with Crippen LogP contribution in [0.15, 0.2) is 24.1 Å². The van der Waals surface area contributed by atoms with Gasteiger partial charge in [0.2, 0.25) is 5.70 Å². The number of allylic oxidation sites excluding steroid dienone is 2. The maximum Gasteiger partial charge on any atom is 0.226 e. The molecule has 3 nitrogen and oxygen atoms in total. The quantitative estimate of drug-likeness (QED) is 0.584. The highest BCUT2D eigenvalue weighted by atomic mass is 16.5. The summed E-state index contributed by atoms with van der Waals surface area (Å²) in [6.07, 6.45) is 6.02. The lowest BCUT2D eigenvalue weighted by Gasteiger charge is -2.47. The number of Topliss-reactive ketones (excluding diaryl/α,β-unsaturated/α-hetero) is 1. The number of ketones is 1. The fourth-order valence-corrected chi connectivity index (χ4v) is 2.74. The fraction of sp³-hybridized carbons (Fsp3) is 0.538. The molecule has 0 aromatic rings. The van der Waals surface area contributed by atoms with Crippen molar-refractivity contribution in [2.24, 2.45) is 10.8 Å². The van der Waals surface area contributed by atoms with E-state index < -0.39 is 5.41 Å². The standard InChI is InChI=1S/C13H15NO2/c1-12(2)10(15)9(14-4)8-13(3)6-5-7-16-11(12)13/h5,7-8,11H,6H2,1-3H3/t11-,13+/m1/s1. The molecule has 0 aromatic heterocycles. The van der Waals surface area contributed by atoms with Crippen LogP contribution in [0.4, 0.5) is 0 Å². The lowest BCUT2D eigenvalue weighted by molar-refractivity contribution is -0.137. The first-order chi connectivity index (χ1) is 7.42. The molecule has 1 aliphatic carbocycles. The zero-order chi connectivity index (χ0) is 12.0. The molecule has 2 rings (SSSR count). The first-order valence-electron chi connectivity index (χ1n) is 5.37. The molecule has 0 fully saturated rings. The van der Waals surface area contributed by atoms with Crippen LogP contribution in [0.5, 0.6) is 0 Å². The topological polar surface area (TPSA) is 30.7 Å². The molecule has 0 amide bonds. The van der Waals surface area contributed by atoms with E-state index in [1.54, 1.807) is 12.3 Å². The largest absolute Gasteiger partial charge is 0.497 e. The monoisotopic (exact) mass is 217 g/mol. The fourth-order valence-electron chi connectivity index (χ4n) is 2.74. The second-order valence-electron chi connectivity index (χ2n) is 5.29. The van der Waals surface area contributed by atoms with Crippen molar-refractivity contribution in [1.82, 2.24) is 0 Å². The van der Waals surface area contributed by atoms with Gasteiger partial charge < -0.3 is 9.53 Å². The summed E-state index contributed by atoms with van der Waals surface area (Å²) in [6.45, 7) is 12.8. The van der Waals surface area contributed by atoms with Gasteiger partial charge in [0.25, 0.3) is 0 Å². The molecule has 0 aromatic carbocycles. The van der Waals surface area contributed by atoms with E-state index in [4.69, 9.17) is 11.3 Å². The molecule has 1 aliphatic heterocycles. The van der Waals surface area contributed by atoms with Crippen molar-refractivity contribution < 1.29 is 9.53 Å². The van der Waals surface area contributed by atoms with E-state index in [0.717, 1.165) is 6.42 Å². The molecular weight excluding hydrogens is 202 g/mol. The number of carbonyl (C=O) groups excluding carboxylic acids is 1. The van der Waals surface area contributed by atoms with Crippen LogP contribution in [0, 0.1) is 17.4 Å². The molecule has 0 saturated heterocycles. The maximum atomic E-state index is 12.1. The van der Waals surface area contributed by atoms with Gasteiger partial charge >= 0.3 is 0 Å². The summed E-state index contributed by atoms with van der Waals surface area (Å²) in [5.74, 6) is -0.111. The van der Waals surface area contributed by atoms with Gasteiger partial charge in [0.1, 0.15) is 6.10 Å². The highest BCUT2D eigenvalue weighted by Crippen LogP contribution is 2.48. The Balaban J connectivity index is 2.58. The number of hydrogen-bond donors (Lipinski definition) is 0. The van der Waals surface area contributed by atoms with E-state index in [9.17, 15) is 4.79 Å². The van der Waals surface area contributed by atoms with E-state index in [2.05, 4.69) is 4.85 Å². The second-order valence-corrected chi connectivity index (χ2v) is 5.29. The van der Waals surface area contributed by atoms with Crippen molar-refractivity contribution in [3.63, 3.8) is 0 Å². The van der Waals surface area contributed by atoms with E-state index in [0.29, 0.717) is 0 Å². The van der Waals surface area contributed by atoms with Gasteiger partial charge in [0.05, 0.1) is 18.2 Å². The van der Waals surface area contributed by atoms with Crippen LogP contribution in [-0.2, 0) is 9.53 Å². The van der Waals surface area contributed by atoms with Crippen LogP contribution in [0.1, 0.15) is 27.2 Å². The predicted octanol–water partition coefficient (Wildman–Crippen LogP) is 2.71. The molecule has 0 unspecified atom stereocenters. The van der Waals surface area contributed by atoms with Gasteiger partial charge in [0, 0.05) is 5.41 Å². The Hall–Kier alpha value is -1.56. The third-order valence-electron chi connectivity index (χ3n) is 3.53. The lowest BCUT2D eigenvalue weighted by atomic mass is 9.62. The van der Waals surface area contributed by atoms with Gasteiger partial charge in [0.15, 0.2) is 5.78 Å². The van der Waals surface area contributed by atoms with Crippen molar-refractivity contribution in [2.45, 2.75) is 33.3 Å². The summed E-state index contributed by atoms with van der Waals surface area (Å²) in [5, 5.41) is 0. The highest BCUT2D eigenvalue weighted by Gasteiger charge is 2.53. The summed E-state index contributed by atoms with van der Waals surface area (Å²) in [4.78, 5) is 15.4. The molecule has 0 radical (unpaired) electrons. The third kappa shape index (κ3) is 1.30. The molecule has 0 N–H and O–H groups in total. The van der Waals surface area contributed by atoms with Crippen LogP contribution < -0.4 is 0 Å². The Labute approximate surface area is 95.6 Å². The molecule has 0 bridgehead atoms. The summed E-state index contributed by atoms with van der Waals surface area (Å²) in [6, 6.07) is 0. The third-order valence-corrected chi connectivity index (χ3v) is 3.53. The van der Waals surface area contributed by atoms with Gasteiger partial charge in [-0.3, -0.25) is 0 Å². The Morgan fingerprint density at radius 1 is 1.50 bits per heavy atom. The van der Waals surface area contributed by atoms with Crippen molar-refractivity contribution in [1.29, 1.82) is 0 Å². The molecule has 1 heterocycles. The molecule has 0 saturated carbocycles. The second kappa shape index (κ2) is 3.21. The summed E-state index contributed by atoms with van der Waals surface area (Å²) in [7, 11) is 0. The number of ether oxygens (including phenoxy) is 1. The molecule has 2 aliphatic rings. The minimum Gasteiger partial charge on any atom is -0.497 e. The highest BCUT2D eigenvalue weighted by molar-refractivity contribution is 6.02. The minimum absolute atomic E-state index is 0.111. The van der Waals surface area contributed by atoms with Crippen molar-refractivity contribution in [2.75, 3.05) is 0 Å². The molecule has 2 atom stereocenters. The average Bonchev–Trinajstić information content (AvgIpc) is 2.24. The predicted molar refractivity (Wildman–Crippen MR) is 60.2 cm³/mol. The van der Waals surface area contributed by atoms with Crippen LogP contribution >= 0.6 is 0 Å². The minimum atomic E-state index is -0.631. The maximum absolute atomic E-state index is 12.1. The van der Waals surface area contributed by atoms with E-state index in [1.165, 1.54) is 0 Å². The van der Waals surface area contributed by atoms with Gasteiger partial charge in [-0.1, -0.05) is 26.8 Å². The molecule has 0 spiro atoms. The van der Waals surface area contributed by atoms with Crippen LogP contribution in [-0.4, -0.2) is 11.9 Å². The first-order valence-corrected chi connectivity index (χ1v) is 5.37. The zero-order valence-corrected chi connectivity index (χ0v) is 9.78. The molecule has 3 heteroatoms. The number of rotatable bonds is 0. The Kier molecular flexibility index (Phi) is 2.20. The van der Waals surface area contributed by atoms with Crippen LogP contribution in [0.2, 0.25) is 0 Å².